The van der Waals surface area contributed by atoms with Crippen LogP contribution in [0, 0.1) is 5.92 Å². The van der Waals surface area contributed by atoms with Crippen LogP contribution in [0.2, 0.25) is 0 Å². The minimum atomic E-state index is 0.0358. The van der Waals surface area contributed by atoms with Gasteiger partial charge in [-0.15, -0.1) is 5.10 Å². The number of hydrogen-bond acceptors (Lipinski definition) is 4. The zero-order chi connectivity index (χ0) is 16.9. The lowest BCUT2D eigenvalue weighted by molar-refractivity contribution is 0.0747. The van der Waals surface area contributed by atoms with Gasteiger partial charge in [0.25, 0.3) is 5.91 Å². The molecule has 0 N–H and O–H groups in total. The third-order valence-electron chi connectivity index (χ3n) is 4.60. The number of ether oxygens (including phenoxy) is 1. The minimum Gasteiger partial charge on any atom is -0.462 e. The number of aryl methyl sites for hydroxylation is 1. The molecule has 1 saturated carbocycles. The normalized spacial score (nSPS) is 14.4. The average Bonchev–Trinajstić information content (AvgIpc) is 2.98. The first-order chi connectivity index (χ1) is 11.7. The predicted octanol–water partition coefficient (Wildman–Crippen LogP) is 4.13. The summed E-state index contributed by atoms with van der Waals surface area (Å²) in [7, 11) is 0. The van der Waals surface area contributed by atoms with Crippen molar-refractivity contribution in [3.8, 4) is 17.4 Å². The standard InChI is InChI=1S/C19H25N3O2/c1-3-5-13-24-19-20-17(15-11-9-14(4-2)10-12-15)22(21-19)18(23)16-7-6-8-16/h9-12,16H,3-8,13H2,1-2H3. The Morgan fingerprint density at radius 3 is 2.58 bits per heavy atom. The zero-order valence-corrected chi connectivity index (χ0v) is 14.5. The van der Waals surface area contributed by atoms with Gasteiger partial charge >= 0.3 is 6.01 Å². The predicted molar refractivity (Wildman–Crippen MR) is 93.2 cm³/mol. The molecule has 0 spiro atoms. The molecule has 0 amide bonds. The van der Waals surface area contributed by atoms with E-state index in [1.807, 2.05) is 12.1 Å². The van der Waals surface area contributed by atoms with Crippen molar-refractivity contribution in [2.24, 2.45) is 5.92 Å². The summed E-state index contributed by atoms with van der Waals surface area (Å²) >= 11 is 0. The lowest BCUT2D eigenvalue weighted by Crippen LogP contribution is -2.28. The van der Waals surface area contributed by atoms with Crippen LogP contribution in [0.15, 0.2) is 24.3 Å². The molecule has 1 heterocycles. The molecular formula is C19H25N3O2. The van der Waals surface area contributed by atoms with Crippen LogP contribution in [0.25, 0.3) is 11.4 Å². The summed E-state index contributed by atoms with van der Waals surface area (Å²) in [6.45, 7) is 4.81. The van der Waals surface area contributed by atoms with Crippen molar-refractivity contribution in [1.82, 2.24) is 14.8 Å². The summed E-state index contributed by atoms with van der Waals surface area (Å²) < 4.78 is 7.07. The van der Waals surface area contributed by atoms with Crippen molar-refractivity contribution < 1.29 is 9.53 Å². The fourth-order valence-corrected chi connectivity index (χ4v) is 2.72. The molecule has 3 rings (SSSR count). The number of aromatic nitrogens is 3. The second kappa shape index (κ2) is 7.60. The minimum absolute atomic E-state index is 0.0358. The van der Waals surface area contributed by atoms with E-state index in [4.69, 9.17) is 4.74 Å². The molecule has 0 unspecified atom stereocenters. The summed E-state index contributed by atoms with van der Waals surface area (Å²) in [4.78, 5) is 17.2. The van der Waals surface area contributed by atoms with Gasteiger partial charge in [-0.3, -0.25) is 4.79 Å². The Balaban J connectivity index is 1.89. The zero-order valence-electron chi connectivity index (χ0n) is 14.5. The molecule has 1 fully saturated rings. The van der Waals surface area contributed by atoms with Gasteiger partial charge in [-0.1, -0.05) is 51.0 Å². The van der Waals surface area contributed by atoms with Crippen LogP contribution in [-0.2, 0) is 6.42 Å². The SMILES string of the molecule is CCCCOc1nc(-c2ccc(CC)cc2)n(C(=O)C2CCC2)n1. The largest absolute Gasteiger partial charge is 0.462 e. The summed E-state index contributed by atoms with van der Waals surface area (Å²) in [5.74, 6) is 0.693. The third-order valence-corrected chi connectivity index (χ3v) is 4.60. The van der Waals surface area contributed by atoms with E-state index >= 15 is 0 Å². The molecule has 1 aliphatic carbocycles. The van der Waals surface area contributed by atoms with Gasteiger partial charge in [0.05, 0.1) is 6.61 Å². The summed E-state index contributed by atoms with van der Waals surface area (Å²) in [6, 6.07) is 8.44. The van der Waals surface area contributed by atoms with E-state index in [0.29, 0.717) is 18.4 Å². The summed E-state index contributed by atoms with van der Waals surface area (Å²) in [6.07, 6.45) is 5.99. The van der Waals surface area contributed by atoms with E-state index in [1.54, 1.807) is 0 Å². The molecule has 1 aliphatic rings. The van der Waals surface area contributed by atoms with Gasteiger partial charge in [0.1, 0.15) is 0 Å². The van der Waals surface area contributed by atoms with Crippen LogP contribution in [0.1, 0.15) is 56.3 Å². The Morgan fingerprint density at radius 2 is 2.00 bits per heavy atom. The summed E-state index contributed by atoms with van der Waals surface area (Å²) in [5, 5.41) is 4.34. The molecular weight excluding hydrogens is 302 g/mol. The summed E-state index contributed by atoms with van der Waals surface area (Å²) in [5.41, 5.74) is 2.16. The first-order valence-electron chi connectivity index (χ1n) is 8.96. The molecule has 128 valence electrons. The monoisotopic (exact) mass is 327 g/mol. The second-order valence-electron chi connectivity index (χ2n) is 6.35. The molecule has 0 bridgehead atoms. The number of benzene rings is 1. The molecule has 0 radical (unpaired) electrons. The van der Waals surface area contributed by atoms with Gasteiger partial charge in [-0.25, -0.2) is 0 Å². The number of unbranched alkanes of at least 4 members (excludes halogenated alkanes) is 1. The molecule has 1 aromatic carbocycles. The van der Waals surface area contributed by atoms with Crippen molar-refractivity contribution >= 4 is 5.91 Å². The molecule has 1 aromatic heterocycles. The van der Waals surface area contributed by atoms with Crippen LogP contribution in [-0.4, -0.2) is 27.3 Å². The molecule has 0 saturated heterocycles. The highest BCUT2D eigenvalue weighted by Crippen LogP contribution is 2.30. The van der Waals surface area contributed by atoms with E-state index < -0.39 is 0 Å². The Kier molecular flexibility index (Phi) is 5.28. The first kappa shape index (κ1) is 16.7. The second-order valence-corrected chi connectivity index (χ2v) is 6.35. The molecule has 5 heteroatoms. The van der Waals surface area contributed by atoms with Crippen LogP contribution in [0.5, 0.6) is 6.01 Å². The maximum atomic E-state index is 12.7. The van der Waals surface area contributed by atoms with E-state index in [9.17, 15) is 4.79 Å². The smallest absolute Gasteiger partial charge is 0.336 e. The fraction of sp³-hybridized carbons (Fsp3) is 0.526. The quantitative estimate of drug-likeness (QED) is 0.718. The third kappa shape index (κ3) is 3.50. The Hall–Kier alpha value is -2.17. The average molecular weight is 327 g/mol. The van der Waals surface area contributed by atoms with E-state index in [1.165, 1.54) is 10.2 Å². The Labute approximate surface area is 143 Å². The van der Waals surface area contributed by atoms with Gasteiger partial charge in [-0.2, -0.15) is 9.67 Å². The molecule has 0 aliphatic heterocycles. The number of hydrogen-bond donors (Lipinski definition) is 0. The maximum Gasteiger partial charge on any atom is 0.336 e. The van der Waals surface area contributed by atoms with Crippen LogP contribution >= 0.6 is 0 Å². The highest BCUT2D eigenvalue weighted by molar-refractivity contribution is 5.85. The van der Waals surface area contributed by atoms with E-state index in [2.05, 4.69) is 36.1 Å². The molecule has 2 aromatic rings. The number of nitrogens with zero attached hydrogens (tertiary/aromatic N) is 3. The lowest BCUT2D eigenvalue weighted by Gasteiger charge is -2.23. The topological polar surface area (TPSA) is 57.0 Å². The van der Waals surface area contributed by atoms with Crippen molar-refractivity contribution in [1.29, 1.82) is 0 Å². The van der Waals surface area contributed by atoms with Crippen molar-refractivity contribution in [3.05, 3.63) is 29.8 Å². The maximum absolute atomic E-state index is 12.7. The van der Waals surface area contributed by atoms with Gasteiger partial charge in [-0.05, 0) is 31.2 Å². The number of carbonyl (C=O) groups is 1. The fourth-order valence-electron chi connectivity index (χ4n) is 2.72. The molecule has 5 nitrogen and oxygen atoms in total. The Bertz CT molecular complexity index is 687. The highest BCUT2D eigenvalue weighted by atomic mass is 16.5. The van der Waals surface area contributed by atoms with Gasteiger partial charge in [0, 0.05) is 11.5 Å². The van der Waals surface area contributed by atoms with Gasteiger partial charge in [0.2, 0.25) is 0 Å². The van der Waals surface area contributed by atoms with E-state index in [0.717, 1.165) is 44.1 Å². The first-order valence-corrected chi connectivity index (χ1v) is 8.96. The van der Waals surface area contributed by atoms with Crippen molar-refractivity contribution in [3.63, 3.8) is 0 Å². The lowest BCUT2D eigenvalue weighted by atomic mass is 9.85. The molecule has 24 heavy (non-hydrogen) atoms. The van der Waals surface area contributed by atoms with Crippen molar-refractivity contribution in [2.75, 3.05) is 6.61 Å². The van der Waals surface area contributed by atoms with Gasteiger partial charge < -0.3 is 4.74 Å². The number of carbonyl (C=O) groups excluding carboxylic acids is 1. The van der Waals surface area contributed by atoms with Gasteiger partial charge in [0.15, 0.2) is 5.82 Å². The van der Waals surface area contributed by atoms with Crippen LogP contribution in [0.4, 0.5) is 0 Å². The van der Waals surface area contributed by atoms with E-state index in [-0.39, 0.29) is 11.8 Å². The van der Waals surface area contributed by atoms with Crippen molar-refractivity contribution in [2.45, 2.75) is 52.4 Å². The van der Waals surface area contributed by atoms with Crippen LogP contribution < -0.4 is 4.74 Å². The highest BCUT2D eigenvalue weighted by Gasteiger charge is 2.30. The number of rotatable bonds is 7. The van der Waals surface area contributed by atoms with Crippen LogP contribution in [0.3, 0.4) is 0 Å². The molecule has 0 atom stereocenters. The Morgan fingerprint density at radius 1 is 1.25 bits per heavy atom.